The summed E-state index contributed by atoms with van der Waals surface area (Å²) in [6.07, 6.45) is 1.36. The SMILES string of the molecule is CCC(CCO)NC(=O)c1cccc2c1OCCN2. The molecule has 0 aliphatic carbocycles. The average molecular weight is 264 g/mol. The molecule has 3 N–H and O–H groups in total. The number of ether oxygens (including phenoxy) is 1. The van der Waals surface area contributed by atoms with E-state index in [4.69, 9.17) is 9.84 Å². The maximum absolute atomic E-state index is 12.3. The molecule has 0 spiro atoms. The molecule has 1 aromatic carbocycles. The Bertz CT molecular complexity index is 448. The molecular formula is C14H20N2O3. The first kappa shape index (κ1) is 13.7. The van der Waals surface area contributed by atoms with Gasteiger partial charge in [0.15, 0.2) is 5.75 Å². The molecular weight excluding hydrogens is 244 g/mol. The van der Waals surface area contributed by atoms with Crippen molar-refractivity contribution in [2.45, 2.75) is 25.8 Å². The summed E-state index contributed by atoms with van der Waals surface area (Å²) in [5, 5.41) is 15.1. The quantitative estimate of drug-likeness (QED) is 0.751. The summed E-state index contributed by atoms with van der Waals surface area (Å²) >= 11 is 0. The minimum absolute atomic E-state index is 0.00935. The van der Waals surface area contributed by atoms with Crippen LogP contribution in [-0.2, 0) is 0 Å². The molecule has 1 aliphatic rings. The predicted molar refractivity (Wildman–Crippen MR) is 73.7 cm³/mol. The third-order valence-corrected chi connectivity index (χ3v) is 3.23. The lowest BCUT2D eigenvalue weighted by Gasteiger charge is -2.22. The maximum atomic E-state index is 12.3. The van der Waals surface area contributed by atoms with Gasteiger partial charge in [-0.1, -0.05) is 13.0 Å². The molecule has 0 radical (unpaired) electrons. The fourth-order valence-corrected chi connectivity index (χ4v) is 2.15. The summed E-state index contributed by atoms with van der Waals surface area (Å²) in [4.78, 5) is 12.3. The van der Waals surface area contributed by atoms with Gasteiger partial charge < -0.3 is 20.5 Å². The second kappa shape index (κ2) is 6.43. The standard InChI is InChI=1S/C14H20N2O3/c1-2-10(6-8-17)16-14(18)11-4-3-5-12-13(11)19-9-7-15-12/h3-5,10,15,17H,2,6-9H2,1H3,(H,16,18). The van der Waals surface area contributed by atoms with Crippen LogP contribution in [0.1, 0.15) is 30.1 Å². The van der Waals surface area contributed by atoms with Crippen molar-refractivity contribution in [1.29, 1.82) is 0 Å². The maximum Gasteiger partial charge on any atom is 0.255 e. The monoisotopic (exact) mass is 264 g/mol. The first-order valence-electron chi connectivity index (χ1n) is 6.67. The Morgan fingerprint density at radius 1 is 1.58 bits per heavy atom. The summed E-state index contributed by atoms with van der Waals surface area (Å²) in [5.74, 6) is 0.464. The van der Waals surface area contributed by atoms with Gasteiger partial charge in [-0.15, -0.1) is 0 Å². The van der Waals surface area contributed by atoms with E-state index in [2.05, 4.69) is 10.6 Å². The Hall–Kier alpha value is -1.75. The Morgan fingerprint density at radius 2 is 2.42 bits per heavy atom. The van der Waals surface area contributed by atoms with E-state index in [1.807, 2.05) is 19.1 Å². The third-order valence-electron chi connectivity index (χ3n) is 3.23. The summed E-state index contributed by atoms with van der Waals surface area (Å²) < 4.78 is 5.58. The van der Waals surface area contributed by atoms with E-state index >= 15 is 0 Å². The van der Waals surface area contributed by atoms with Crippen molar-refractivity contribution < 1.29 is 14.6 Å². The molecule has 5 nitrogen and oxygen atoms in total. The first-order chi connectivity index (χ1) is 9.26. The molecule has 1 aromatic rings. The molecule has 0 saturated carbocycles. The van der Waals surface area contributed by atoms with Gasteiger partial charge in [0.25, 0.3) is 5.91 Å². The van der Waals surface area contributed by atoms with Crippen LogP contribution in [0, 0.1) is 0 Å². The minimum atomic E-state index is -0.152. The zero-order valence-corrected chi connectivity index (χ0v) is 11.1. The van der Waals surface area contributed by atoms with Gasteiger partial charge in [-0.2, -0.15) is 0 Å². The number of rotatable bonds is 5. The number of anilines is 1. The molecule has 0 bridgehead atoms. The van der Waals surface area contributed by atoms with Gasteiger partial charge in [-0.25, -0.2) is 0 Å². The Balaban J connectivity index is 2.15. The number of fused-ring (bicyclic) bond motifs is 1. The summed E-state index contributed by atoms with van der Waals surface area (Å²) in [7, 11) is 0. The normalized spacial score (nSPS) is 14.8. The molecule has 0 aromatic heterocycles. The van der Waals surface area contributed by atoms with Gasteiger partial charge in [-0.3, -0.25) is 4.79 Å². The van der Waals surface area contributed by atoms with Crippen molar-refractivity contribution in [3.05, 3.63) is 23.8 Å². The Labute approximate surface area is 113 Å². The average Bonchev–Trinajstić information content (AvgIpc) is 2.46. The van der Waals surface area contributed by atoms with Crippen LogP contribution < -0.4 is 15.4 Å². The van der Waals surface area contributed by atoms with Crippen LogP contribution in [0.2, 0.25) is 0 Å². The van der Waals surface area contributed by atoms with Crippen molar-refractivity contribution in [1.82, 2.24) is 5.32 Å². The van der Waals surface area contributed by atoms with E-state index in [-0.39, 0.29) is 18.6 Å². The van der Waals surface area contributed by atoms with Gasteiger partial charge in [0.2, 0.25) is 0 Å². The Kier molecular flexibility index (Phi) is 4.63. The molecule has 0 saturated heterocycles. The van der Waals surface area contributed by atoms with Crippen molar-refractivity contribution in [3.63, 3.8) is 0 Å². The molecule has 1 aliphatic heterocycles. The van der Waals surface area contributed by atoms with Crippen molar-refractivity contribution >= 4 is 11.6 Å². The lowest BCUT2D eigenvalue weighted by Crippen LogP contribution is -2.35. The largest absolute Gasteiger partial charge is 0.489 e. The molecule has 104 valence electrons. The molecule has 1 atom stereocenters. The fourth-order valence-electron chi connectivity index (χ4n) is 2.15. The van der Waals surface area contributed by atoms with Gasteiger partial charge in [-0.05, 0) is 25.0 Å². The van der Waals surface area contributed by atoms with E-state index in [1.165, 1.54) is 0 Å². The number of aliphatic hydroxyl groups excluding tert-OH is 1. The van der Waals surface area contributed by atoms with E-state index in [0.717, 1.165) is 18.7 Å². The summed E-state index contributed by atoms with van der Waals surface area (Å²) in [5.41, 5.74) is 1.40. The molecule has 0 fully saturated rings. The van der Waals surface area contributed by atoms with Crippen LogP contribution in [0.25, 0.3) is 0 Å². The van der Waals surface area contributed by atoms with Crippen LogP contribution in [-0.4, -0.2) is 36.8 Å². The van der Waals surface area contributed by atoms with Gasteiger partial charge in [0.1, 0.15) is 6.61 Å². The molecule has 1 unspecified atom stereocenters. The number of hydrogen-bond donors (Lipinski definition) is 3. The van der Waals surface area contributed by atoms with Crippen molar-refractivity contribution in [3.8, 4) is 5.75 Å². The number of aliphatic hydroxyl groups is 1. The number of carbonyl (C=O) groups excluding carboxylic acids is 1. The highest BCUT2D eigenvalue weighted by atomic mass is 16.5. The molecule has 19 heavy (non-hydrogen) atoms. The third kappa shape index (κ3) is 3.17. The van der Waals surface area contributed by atoms with Crippen LogP contribution in [0.3, 0.4) is 0 Å². The zero-order valence-electron chi connectivity index (χ0n) is 11.1. The van der Waals surface area contributed by atoms with Gasteiger partial charge >= 0.3 is 0 Å². The van der Waals surface area contributed by atoms with Crippen LogP contribution in [0.15, 0.2) is 18.2 Å². The number of carbonyl (C=O) groups is 1. The number of amides is 1. The summed E-state index contributed by atoms with van der Waals surface area (Å²) in [6.45, 7) is 3.37. The smallest absolute Gasteiger partial charge is 0.255 e. The number of nitrogens with one attached hydrogen (secondary N) is 2. The van der Waals surface area contributed by atoms with E-state index in [0.29, 0.717) is 24.3 Å². The predicted octanol–water partition coefficient (Wildman–Crippen LogP) is 1.38. The summed E-state index contributed by atoms with van der Waals surface area (Å²) in [6, 6.07) is 5.48. The molecule has 1 amide bonds. The lowest BCUT2D eigenvalue weighted by molar-refractivity contribution is 0.0925. The van der Waals surface area contributed by atoms with Crippen LogP contribution in [0.4, 0.5) is 5.69 Å². The van der Waals surface area contributed by atoms with Crippen LogP contribution >= 0.6 is 0 Å². The van der Waals surface area contributed by atoms with Crippen molar-refractivity contribution in [2.24, 2.45) is 0 Å². The molecule has 5 heteroatoms. The van der Waals surface area contributed by atoms with Crippen molar-refractivity contribution in [2.75, 3.05) is 25.1 Å². The topological polar surface area (TPSA) is 70.6 Å². The highest BCUT2D eigenvalue weighted by Crippen LogP contribution is 2.31. The van der Waals surface area contributed by atoms with Crippen LogP contribution in [0.5, 0.6) is 5.75 Å². The first-order valence-corrected chi connectivity index (χ1v) is 6.67. The van der Waals surface area contributed by atoms with Gasteiger partial charge in [0, 0.05) is 19.2 Å². The van der Waals surface area contributed by atoms with E-state index in [1.54, 1.807) is 6.07 Å². The zero-order chi connectivity index (χ0) is 13.7. The minimum Gasteiger partial charge on any atom is -0.489 e. The van der Waals surface area contributed by atoms with E-state index < -0.39 is 0 Å². The highest BCUT2D eigenvalue weighted by molar-refractivity contribution is 5.99. The Morgan fingerprint density at radius 3 is 3.16 bits per heavy atom. The van der Waals surface area contributed by atoms with E-state index in [9.17, 15) is 4.79 Å². The second-order valence-electron chi connectivity index (χ2n) is 4.55. The highest BCUT2D eigenvalue weighted by Gasteiger charge is 2.20. The second-order valence-corrected chi connectivity index (χ2v) is 4.55. The number of benzene rings is 1. The number of para-hydroxylation sites is 1. The molecule has 2 rings (SSSR count). The fraction of sp³-hybridized carbons (Fsp3) is 0.500. The number of hydrogen-bond acceptors (Lipinski definition) is 4. The van der Waals surface area contributed by atoms with Gasteiger partial charge in [0.05, 0.1) is 11.3 Å². The molecule has 1 heterocycles. The lowest BCUT2D eigenvalue weighted by atomic mass is 10.1.